The Morgan fingerprint density at radius 3 is 2.69 bits per heavy atom. The van der Waals surface area contributed by atoms with Crippen molar-refractivity contribution in [2.75, 3.05) is 12.4 Å². The standard InChI is InChI=1S/C27H35ClN2O2/c1-16-14-19-20-8-9-22(25(32)29-18-7-5-6-17(28)15-18)26(20,2)12-10-21(19)27(3)13-11-23(31)30(4)24(16)27/h5-7,15,19-22H,8-14H2,1-4H3,(H,29,32)/t19?,20-,21?,22+,26-,27+/m0/s1. The zero-order valence-electron chi connectivity index (χ0n) is 19.7. The molecular weight excluding hydrogens is 420 g/mol. The number of carbonyl (C=O) groups is 2. The Morgan fingerprint density at radius 2 is 1.94 bits per heavy atom. The van der Waals surface area contributed by atoms with Crippen molar-refractivity contribution in [2.24, 2.45) is 34.5 Å². The van der Waals surface area contributed by atoms with Crippen molar-refractivity contribution in [3.8, 4) is 0 Å². The van der Waals surface area contributed by atoms with Crippen molar-refractivity contribution in [3.05, 3.63) is 40.6 Å². The molecule has 5 heteroatoms. The summed E-state index contributed by atoms with van der Waals surface area (Å²) in [5.41, 5.74) is 3.59. The Morgan fingerprint density at radius 1 is 1.16 bits per heavy atom. The fraction of sp³-hybridized carbons (Fsp3) is 0.630. The van der Waals surface area contributed by atoms with E-state index in [9.17, 15) is 9.59 Å². The summed E-state index contributed by atoms with van der Waals surface area (Å²) in [6.07, 6.45) is 7.00. The summed E-state index contributed by atoms with van der Waals surface area (Å²) in [7, 11) is 1.97. The van der Waals surface area contributed by atoms with Gasteiger partial charge in [-0.3, -0.25) is 9.59 Å². The predicted molar refractivity (Wildman–Crippen MR) is 128 cm³/mol. The molecule has 5 rings (SSSR count). The third kappa shape index (κ3) is 3.16. The van der Waals surface area contributed by atoms with E-state index in [1.54, 1.807) is 0 Å². The Labute approximate surface area is 196 Å². The molecule has 2 amide bonds. The zero-order valence-corrected chi connectivity index (χ0v) is 20.5. The number of hydrogen-bond donors (Lipinski definition) is 1. The molecule has 1 aromatic rings. The lowest BCUT2D eigenvalue weighted by atomic mass is 9.48. The van der Waals surface area contributed by atoms with Gasteiger partial charge in [0.1, 0.15) is 0 Å². The smallest absolute Gasteiger partial charge is 0.228 e. The molecule has 0 bridgehead atoms. The second-order valence-electron chi connectivity index (χ2n) is 11.3. The van der Waals surface area contributed by atoms with Gasteiger partial charge in [0, 0.05) is 41.2 Å². The molecule has 32 heavy (non-hydrogen) atoms. The van der Waals surface area contributed by atoms with Crippen molar-refractivity contribution in [1.29, 1.82) is 0 Å². The van der Waals surface area contributed by atoms with E-state index in [0.717, 1.165) is 44.2 Å². The summed E-state index contributed by atoms with van der Waals surface area (Å²) >= 11 is 6.12. The minimum Gasteiger partial charge on any atom is -0.326 e. The highest BCUT2D eigenvalue weighted by molar-refractivity contribution is 6.30. The number of rotatable bonds is 2. The average molecular weight is 455 g/mol. The van der Waals surface area contributed by atoms with E-state index in [1.165, 1.54) is 11.3 Å². The van der Waals surface area contributed by atoms with Gasteiger partial charge in [-0.2, -0.15) is 0 Å². The molecule has 0 radical (unpaired) electrons. The zero-order chi connectivity index (χ0) is 22.8. The van der Waals surface area contributed by atoms with Gasteiger partial charge in [-0.05, 0) is 86.8 Å². The Bertz CT molecular complexity index is 1000. The van der Waals surface area contributed by atoms with Gasteiger partial charge < -0.3 is 10.2 Å². The highest BCUT2D eigenvalue weighted by Crippen LogP contribution is 2.66. The second kappa shape index (κ2) is 7.62. The summed E-state index contributed by atoms with van der Waals surface area (Å²) in [6, 6.07) is 7.44. The van der Waals surface area contributed by atoms with E-state index >= 15 is 0 Å². The van der Waals surface area contributed by atoms with Gasteiger partial charge in [-0.25, -0.2) is 0 Å². The van der Waals surface area contributed by atoms with E-state index in [1.807, 2.05) is 36.2 Å². The first-order valence-corrected chi connectivity index (χ1v) is 12.6. The first-order valence-electron chi connectivity index (χ1n) is 12.2. The van der Waals surface area contributed by atoms with Crippen LogP contribution in [0.4, 0.5) is 5.69 Å². The molecule has 0 spiro atoms. The summed E-state index contributed by atoms with van der Waals surface area (Å²) in [5, 5.41) is 3.79. The lowest BCUT2D eigenvalue weighted by Crippen LogP contribution is -2.54. The summed E-state index contributed by atoms with van der Waals surface area (Å²) in [4.78, 5) is 27.8. The van der Waals surface area contributed by atoms with Crippen LogP contribution >= 0.6 is 11.6 Å². The van der Waals surface area contributed by atoms with Crippen LogP contribution in [0.5, 0.6) is 0 Å². The van der Waals surface area contributed by atoms with Gasteiger partial charge in [-0.15, -0.1) is 0 Å². The molecule has 172 valence electrons. The number of likely N-dealkylation sites (tertiary alicyclic amines) is 1. The number of piperidine rings is 1. The maximum absolute atomic E-state index is 13.4. The van der Waals surface area contributed by atoms with Crippen molar-refractivity contribution >= 4 is 29.1 Å². The molecule has 1 aliphatic heterocycles. The van der Waals surface area contributed by atoms with Crippen molar-refractivity contribution in [3.63, 3.8) is 0 Å². The van der Waals surface area contributed by atoms with Crippen LogP contribution in [0, 0.1) is 34.5 Å². The average Bonchev–Trinajstić information content (AvgIpc) is 3.09. The number of hydrogen-bond acceptors (Lipinski definition) is 2. The third-order valence-corrected chi connectivity index (χ3v) is 9.95. The topological polar surface area (TPSA) is 49.4 Å². The first-order chi connectivity index (χ1) is 15.1. The molecular formula is C27H35ClN2O2. The minimum absolute atomic E-state index is 0.0361. The van der Waals surface area contributed by atoms with Gasteiger partial charge in [0.05, 0.1) is 0 Å². The number of carbonyl (C=O) groups excluding carboxylic acids is 2. The summed E-state index contributed by atoms with van der Waals surface area (Å²) < 4.78 is 0. The van der Waals surface area contributed by atoms with Gasteiger partial charge in [0.2, 0.25) is 11.8 Å². The number of benzene rings is 1. The third-order valence-electron chi connectivity index (χ3n) is 9.72. The highest BCUT2D eigenvalue weighted by atomic mass is 35.5. The molecule has 2 saturated carbocycles. The van der Waals surface area contributed by atoms with Crippen LogP contribution in [0.25, 0.3) is 0 Å². The SMILES string of the molecule is CC1=C2N(C)C(=O)CC[C@]2(C)C2CC[C@]3(C)[C@@H](C(=O)Nc4cccc(Cl)c4)CC[C@H]3C2C1. The van der Waals surface area contributed by atoms with Crippen LogP contribution in [-0.2, 0) is 9.59 Å². The number of allylic oxidation sites excluding steroid dienone is 2. The highest BCUT2D eigenvalue weighted by Gasteiger charge is 2.61. The van der Waals surface area contributed by atoms with Crippen molar-refractivity contribution < 1.29 is 9.59 Å². The maximum Gasteiger partial charge on any atom is 0.228 e. The Kier molecular flexibility index (Phi) is 5.24. The van der Waals surface area contributed by atoms with E-state index in [4.69, 9.17) is 11.6 Å². The number of fused-ring (bicyclic) bond motifs is 5. The molecule has 3 fully saturated rings. The fourth-order valence-electron chi connectivity index (χ4n) is 8.34. The van der Waals surface area contributed by atoms with E-state index in [0.29, 0.717) is 29.2 Å². The molecule has 4 aliphatic rings. The largest absolute Gasteiger partial charge is 0.326 e. The van der Waals surface area contributed by atoms with Gasteiger partial charge >= 0.3 is 0 Å². The van der Waals surface area contributed by atoms with Crippen molar-refractivity contribution in [1.82, 2.24) is 4.90 Å². The van der Waals surface area contributed by atoms with Crippen LogP contribution in [0.1, 0.15) is 65.7 Å². The van der Waals surface area contributed by atoms with E-state index in [2.05, 4.69) is 26.1 Å². The summed E-state index contributed by atoms with van der Waals surface area (Å²) in [6.45, 7) is 7.02. The first kappa shape index (κ1) is 22.0. The molecule has 1 saturated heterocycles. The van der Waals surface area contributed by atoms with E-state index < -0.39 is 0 Å². The van der Waals surface area contributed by atoms with Gasteiger partial charge in [0.15, 0.2) is 0 Å². The normalized spacial score (nSPS) is 38.8. The maximum atomic E-state index is 13.4. The molecule has 6 atom stereocenters. The fourth-order valence-corrected chi connectivity index (χ4v) is 8.53. The van der Waals surface area contributed by atoms with Crippen molar-refractivity contribution in [2.45, 2.75) is 65.7 Å². The summed E-state index contributed by atoms with van der Waals surface area (Å²) in [5.74, 6) is 2.22. The molecule has 0 aromatic heterocycles. The van der Waals surface area contributed by atoms with Gasteiger partial charge in [-0.1, -0.05) is 37.1 Å². The lowest BCUT2D eigenvalue weighted by Gasteiger charge is -2.59. The van der Waals surface area contributed by atoms with E-state index in [-0.39, 0.29) is 28.6 Å². The number of halogens is 1. The van der Waals surface area contributed by atoms with Crippen LogP contribution < -0.4 is 5.32 Å². The predicted octanol–water partition coefficient (Wildman–Crippen LogP) is 6.27. The molecule has 1 aromatic carbocycles. The monoisotopic (exact) mass is 454 g/mol. The molecule has 3 aliphatic carbocycles. The Hall–Kier alpha value is -1.81. The van der Waals surface area contributed by atoms with Gasteiger partial charge in [0.25, 0.3) is 0 Å². The molecule has 2 unspecified atom stereocenters. The minimum atomic E-state index is 0.0361. The quantitative estimate of drug-likeness (QED) is 0.572. The molecule has 1 heterocycles. The Balaban J connectivity index is 1.42. The van der Waals surface area contributed by atoms with Crippen LogP contribution in [0.15, 0.2) is 35.5 Å². The lowest BCUT2D eigenvalue weighted by molar-refractivity contribution is -0.137. The molecule has 4 nitrogen and oxygen atoms in total. The number of nitrogens with zero attached hydrogens (tertiary/aromatic N) is 1. The van der Waals surface area contributed by atoms with Crippen LogP contribution in [0.3, 0.4) is 0 Å². The number of amides is 2. The molecule has 1 N–H and O–H groups in total. The number of nitrogens with one attached hydrogen (secondary N) is 1. The van der Waals surface area contributed by atoms with Crippen LogP contribution in [-0.4, -0.2) is 23.8 Å². The second-order valence-corrected chi connectivity index (χ2v) is 11.7. The number of anilines is 1. The van der Waals surface area contributed by atoms with Crippen LogP contribution in [0.2, 0.25) is 5.02 Å².